The molecule has 1 spiro atoms. The number of ether oxygens (including phenoxy) is 1. The summed E-state index contributed by atoms with van der Waals surface area (Å²) >= 11 is 0. The van der Waals surface area contributed by atoms with Crippen molar-refractivity contribution >= 4 is 11.8 Å². The Morgan fingerprint density at radius 2 is 2.09 bits per heavy atom. The first-order valence-corrected chi connectivity index (χ1v) is 7.54. The molecule has 1 atom stereocenters. The van der Waals surface area contributed by atoms with E-state index in [1.807, 2.05) is 0 Å². The van der Waals surface area contributed by atoms with Crippen LogP contribution in [-0.2, 0) is 14.3 Å². The van der Waals surface area contributed by atoms with E-state index in [0.717, 1.165) is 24.2 Å². The maximum Gasteiger partial charge on any atom is 0.406 e. The molecule has 3 rings (SSSR count). The first kappa shape index (κ1) is 15.6. The van der Waals surface area contributed by atoms with Gasteiger partial charge in [-0.3, -0.25) is 9.59 Å². The zero-order valence-corrected chi connectivity index (χ0v) is 12.2. The standard InChI is InChI=1S/C14H19F3N2O3/c15-14(16,17)8-18-7-10(6-11(18)20)12(21)19-4-5-22-9-13(19)2-1-3-13/h10H,1-9H2. The molecular weight excluding hydrogens is 301 g/mol. The van der Waals surface area contributed by atoms with Crippen LogP contribution in [0.2, 0.25) is 0 Å². The Bertz CT molecular complexity index is 476. The highest BCUT2D eigenvalue weighted by Gasteiger charge is 2.50. The van der Waals surface area contributed by atoms with Crippen molar-refractivity contribution in [2.75, 3.05) is 32.8 Å². The first-order chi connectivity index (χ1) is 10.3. The monoisotopic (exact) mass is 320 g/mol. The molecule has 1 aliphatic carbocycles. The lowest BCUT2D eigenvalue weighted by molar-refractivity contribution is -0.163. The summed E-state index contributed by atoms with van der Waals surface area (Å²) in [7, 11) is 0. The number of carbonyl (C=O) groups is 2. The van der Waals surface area contributed by atoms with E-state index >= 15 is 0 Å². The number of hydrogen-bond donors (Lipinski definition) is 0. The fraction of sp³-hybridized carbons (Fsp3) is 0.857. The molecule has 0 aromatic heterocycles. The Kier molecular flexibility index (Phi) is 3.82. The number of rotatable bonds is 2. The molecule has 2 saturated heterocycles. The average Bonchev–Trinajstić information content (AvgIpc) is 2.75. The van der Waals surface area contributed by atoms with Crippen LogP contribution in [0.4, 0.5) is 13.2 Å². The lowest BCUT2D eigenvalue weighted by Crippen LogP contribution is -2.63. The molecule has 0 bridgehead atoms. The van der Waals surface area contributed by atoms with E-state index in [9.17, 15) is 22.8 Å². The van der Waals surface area contributed by atoms with Crippen LogP contribution in [-0.4, -0.2) is 66.2 Å². The van der Waals surface area contributed by atoms with Gasteiger partial charge in [-0.1, -0.05) is 0 Å². The van der Waals surface area contributed by atoms with Crippen molar-refractivity contribution in [3.05, 3.63) is 0 Å². The fourth-order valence-electron chi connectivity index (χ4n) is 3.60. The minimum atomic E-state index is -4.43. The van der Waals surface area contributed by atoms with Gasteiger partial charge in [0.1, 0.15) is 6.54 Å². The predicted octanol–water partition coefficient (Wildman–Crippen LogP) is 1.18. The van der Waals surface area contributed by atoms with E-state index in [4.69, 9.17) is 4.74 Å². The van der Waals surface area contributed by atoms with Crippen molar-refractivity contribution < 1.29 is 27.5 Å². The molecule has 2 aliphatic heterocycles. The molecule has 8 heteroatoms. The maximum atomic E-state index is 12.7. The largest absolute Gasteiger partial charge is 0.406 e. The molecule has 3 aliphatic rings. The number of likely N-dealkylation sites (tertiary alicyclic amines) is 1. The number of hydrogen-bond acceptors (Lipinski definition) is 3. The zero-order valence-electron chi connectivity index (χ0n) is 12.2. The van der Waals surface area contributed by atoms with Crippen LogP contribution in [0.25, 0.3) is 0 Å². The molecule has 0 radical (unpaired) electrons. The summed E-state index contributed by atoms with van der Waals surface area (Å²) in [6.45, 7) is -0.0105. The molecule has 0 aromatic rings. The van der Waals surface area contributed by atoms with Crippen LogP contribution in [0.3, 0.4) is 0 Å². The van der Waals surface area contributed by atoms with Gasteiger partial charge in [0.15, 0.2) is 0 Å². The third-order valence-corrected chi connectivity index (χ3v) is 4.89. The number of carbonyl (C=O) groups excluding carboxylic acids is 2. The van der Waals surface area contributed by atoms with E-state index in [2.05, 4.69) is 0 Å². The van der Waals surface area contributed by atoms with E-state index in [0.29, 0.717) is 19.8 Å². The topological polar surface area (TPSA) is 49.9 Å². The molecule has 2 heterocycles. The highest BCUT2D eigenvalue weighted by Crippen LogP contribution is 2.41. The third-order valence-electron chi connectivity index (χ3n) is 4.89. The summed E-state index contributed by atoms with van der Waals surface area (Å²) in [5, 5.41) is 0. The summed E-state index contributed by atoms with van der Waals surface area (Å²) in [4.78, 5) is 26.9. The molecule has 1 saturated carbocycles. The van der Waals surface area contributed by atoms with E-state index < -0.39 is 24.5 Å². The summed E-state index contributed by atoms with van der Waals surface area (Å²) < 4.78 is 42.8. The quantitative estimate of drug-likeness (QED) is 0.768. The van der Waals surface area contributed by atoms with Crippen molar-refractivity contribution in [3.8, 4) is 0 Å². The van der Waals surface area contributed by atoms with Crippen LogP contribution in [0.5, 0.6) is 0 Å². The number of halogens is 3. The Labute approximate surface area is 126 Å². The number of alkyl halides is 3. The van der Waals surface area contributed by atoms with Crippen molar-refractivity contribution in [3.63, 3.8) is 0 Å². The minimum Gasteiger partial charge on any atom is -0.377 e. The molecular formula is C14H19F3N2O3. The van der Waals surface area contributed by atoms with Crippen LogP contribution in [0, 0.1) is 5.92 Å². The van der Waals surface area contributed by atoms with Crippen LogP contribution >= 0.6 is 0 Å². The number of morpholine rings is 1. The summed E-state index contributed by atoms with van der Waals surface area (Å²) in [6.07, 6.45) is -1.79. The Balaban J connectivity index is 1.67. The van der Waals surface area contributed by atoms with E-state index in [1.165, 1.54) is 0 Å². The van der Waals surface area contributed by atoms with Crippen LogP contribution in [0.15, 0.2) is 0 Å². The molecule has 5 nitrogen and oxygen atoms in total. The van der Waals surface area contributed by atoms with Gasteiger partial charge in [0.05, 0.1) is 24.7 Å². The Hall–Kier alpha value is -1.31. The SMILES string of the molecule is O=C1CC(C(=O)N2CCOCC23CCC3)CN1CC(F)(F)F. The maximum absolute atomic E-state index is 12.7. The van der Waals surface area contributed by atoms with Crippen LogP contribution in [0.1, 0.15) is 25.7 Å². The second kappa shape index (κ2) is 5.40. The van der Waals surface area contributed by atoms with Crippen molar-refractivity contribution in [2.45, 2.75) is 37.4 Å². The third kappa shape index (κ3) is 2.80. The van der Waals surface area contributed by atoms with Gasteiger partial charge >= 0.3 is 6.18 Å². The Morgan fingerprint density at radius 1 is 1.36 bits per heavy atom. The fourth-order valence-corrected chi connectivity index (χ4v) is 3.60. The van der Waals surface area contributed by atoms with E-state index in [-0.39, 0.29) is 24.4 Å². The molecule has 22 heavy (non-hydrogen) atoms. The van der Waals surface area contributed by atoms with E-state index in [1.54, 1.807) is 4.90 Å². The number of amides is 2. The normalized spacial score (nSPS) is 28.1. The predicted molar refractivity (Wildman–Crippen MR) is 69.9 cm³/mol. The first-order valence-electron chi connectivity index (χ1n) is 7.54. The van der Waals surface area contributed by atoms with Gasteiger partial charge in [-0.2, -0.15) is 13.2 Å². The van der Waals surface area contributed by atoms with Crippen molar-refractivity contribution in [1.82, 2.24) is 9.80 Å². The Morgan fingerprint density at radius 3 is 2.68 bits per heavy atom. The smallest absolute Gasteiger partial charge is 0.377 e. The second-order valence-corrected chi connectivity index (χ2v) is 6.41. The van der Waals surface area contributed by atoms with Crippen molar-refractivity contribution in [2.24, 2.45) is 5.92 Å². The summed E-state index contributed by atoms with van der Waals surface area (Å²) in [5.74, 6) is -1.45. The van der Waals surface area contributed by atoms with Gasteiger partial charge < -0.3 is 14.5 Å². The molecule has 0 aromatic carbocycles. The molecule has 3 fully saturated rings. The molecule has 1 unspecified atom stereocenters. The van der Waals surface area contributed by atoms with Gasteiger partial charge in [0.2, 0.25) is 11.8 Å². The molecule has 124 valence electrons. The lowest BCUT2D eigenvalue weighted by Gasteiger charge is -2.53. The lowest BCUT2D eigenvalue weighted by atomic mass is 9.74. The van der Waals surface area contributed by atoms with Gasteiger partial charge in [0, 0.05) is 19.5 Å². The van der Waals surface area contributed by atoms with Gasteiger partial charge in [-0.05, 0) is 19.3 Å². The molecule has 0 N–H and O–H groups in total. The summed E-state index contributed by atoms with van der Waals surface area (Å²) in [5.41, 5.74) is -0.282. The van der Waals surface area contributed by atoms with Gasteiger partial charge in [0.25, 0.3) is 0 Å². The minimum absolute atomic E-state index is 0.123. The molecule has 2 amide bonds. The van der Waals surface area contributed by atoms with Gasteiger partial charge in [-0.25, -0.2) is 0 Å². The zero-order chi connectivity index (χ0) is 16.0. The highest BCUT2D eigenvalue weighted by atomic mass is 19.4. The van der Waals surface area contributed by atoms with Gasteiger partial charge in [-0.15, -0.1) is 0 Å². The average molecular weight is 320 g/mol. The number of nitrogens with zero attached hydrogens (tertiary/aromatic N) is 2. The van der Waals surface area contributed by atoms with Crippen LogP contribution < -0.4 is 0 Å². The second-order valence-electron chi connectivity index (χ2n) is 6.41. The highest BCUT2D eigenvalue weighted by molar-refractivity contribution is 5.89. The summed E-state index contributed by atoms with van der Waals surface area (Å²) in [6, 6.07) is 0. The van der Waals surface area contributed by atoms with Crippen molar-refractivity contribution in [1.29, 1.82) is 0 Å².